The molecule has 11 heteroatoms. The van der Waals surface area contributed by atoms with E-state index in [-0.39, 0.29) is 24.1 Å². The highest BCUT2D eigenvalue weighted by Gasteiger charge is 2.31. The lowest BCUT2D eigenvalue weighted by molar-refractivity contribution is -0.274. The van der Waals surface area contributed by atoms with Crippen LogP contribution in [-0.4, -0.2) is 74.9 Å². The molecule has 0 spiro atoms. The van der Waals surface area contributed by atoms with Crippen molar-refractivity contribution >= 4 is 17.5 Å². The Labute approximate surface area is 188 Å². The van der Waals surface area contributed by atoms with Gasteiger partial charge in [-0.2, -0.15) is 0 Å². The fraction of sp³-hybridized carbons (Fsp3) is 0.364. The molecule has 1 fully saturated rings. The Morgan fingerprint density at radius 1 is 0.939 bits per heavy atom. The molecule has 1 heterocycles. The van der Waals surface area contributed by atoms with Gasteiger partial charge in [-0.3, -0.25) is 14.5 Å². The number of hydrogen-bond donors (Lipinski definition) is 1. The molecule has 2 amide bonds. The van der Waals surface area contributed by atoms with Gasteiger partial charge in [-0.15, -0.1) is 13.2 Å². The highest BCUT2D eigenvalue weighted by Crippen LogP contribution is 2.28. The Bertz CT molecular complexity index is 974. The summed E-state index contributed by atoms with van der Waals surface area (Å²) >= 11 is 0. The lowest BCUT2D eigenvalue weighted by Gasteiger charge is -2.34. The number of carbonyl (C=O) groups is 2. The molecule has 2 aromatic carbocycles. The number of methoxy groups -OCH3 is 2. The van der Waals surface area contributed by atoms with E-state index in [0.29, 0.717) is 48.9 Å². The molecule has 0 unspecified atom stereocenters. The molecular weight excluding hydrogens is 443 g/mol. The minimum atomic E-state index is -4.77. The van der Waals surface area contributed by atoms with Crippen molar-refractivity contribution in [3.8, 4) is 17.2 Å². The number of halogens is 3. The largest absolute Gasteiger partial charge is 0.573 e. The molecule has 0 aliphatic carbocycles. The second-order valence-corrected chi connectivity index (χ2v) is 7.26. The van der Waals surface area contributed by atoms with E-state index in [0.717, 1.165) is 12.1 Å². The van der Waals surface area contributed by atoms with Crippen LogP contribution in [0.1, 0.15) is 10.4 Å². The molecule has 8 nitrogen and oxygen atoms in total. The summed E-state index contributed by atoms with van der Waals surface area (Å²) < 4.78 is 50.9. The van der Waals surface area contributed by atoms with Crippen LogP contribution in [0.5, 0.6) is 17.2 Å². The van der Waals surface area contributed by atoms with E-state index in [4.69, 9.17) is 9.47 Å². The number of ether oxygens (including phenoxy) is 3. The number of rotatable bonds is 7. The van der Waals surface area contributed by atoms with Crippen LogP contribution in [0.3, 0.4) is 0 Å². The minimum Gasteiger partial charge on any atom is -0.493 e. The van der Waals surface area contributed by atoms with E-state index in [1.165, 1.54) is 26.4 Å². The standard InChI is InChI=1S/C22H24F3N3O5/c1-31-18-8-3-15(13-19(18)32-2)21(30)28-11-9-27(10-12-28)14-20(29)26-16-4-6-17(7-5-16)33-22(23,24)25/h3-8,13H,9-12,14H2,1-2H3,(H,26,29). The van der Waals surface area contributed by atoms with E-state index in [9.17, 15) is 22.8 Å². The lowest BCUT2D eigenvalue weighted by atomic mass is 10.1. The van der Waals surface area contributed by atoms with Crippen molar-refractivity contribution in [3.63, 3.8) is 0 Å². The molecule has 33 heavy (non-hydrogen) atoms. The molecule has 0 atom stereocenters. The van der Waals surface area contributed by atoms with Crippen LogP contribution < -0.4 is 19.5 Å². The van der Waals surface area contributed by atoms with Crippen molar-refractivity contribution in [2.75, 3.05) is 52.3 Å². The van der Waals surface area contributed by atoms with E-state index in [1.54, 1.807) is 23.1 Å². The van der Waals surface area contributed by atoms with Gasteiger partial charge in [-0.1, -0.05) is 0 Å². The molecular formula is C22H24F3N3O5. The number of benzene rings is 2. The summed E-state index contributed by atoms with van der Waals surface area (Å²) in [5.41, 5.74) is 0.841. The molecule has 1 aliphatic rings. The first kappa shape index (κ1) is 24.2. The summed E-state index contributed by atoms with van der Waals surface area (Å²) in [5, 5.41) is 2.64. The summed E-state index contributed by atoms with van der Waals surface area (Å²) in [7, 11) is 3.02. The van der Waals surface area contributed by atoms with Crippen LogP contribution in [0.15, 0.2) is 42.5 Å². The quantitative estimate of drug-likeness (QED) is 0.675. The zero-order valence-electron chi connectivity index (χ0n) is 18.1. The molecule has 2 aromatic rings. The Morgan fingerprint density at radius 2 is 1.58 bits per heavy atom. The smallest absolute Gasteiger partial charge is 0.493 e. The topological polar surface area (TPSA) is 80.3 Å². The van der Waals surface area contributed by atoms with Crippen molar-refractivity contribution < 1.29 is 37.0 Å². The lowest BCUT2D eigenvalue weighted by Crippen LogP contribution is -2.50. The van der Waals surface area contributed by atoms with Crippen LogP contribution >= 0.6 is 0 Å². The second-order valence-electron chi connectivity index (χ2n) is 7.26. The monoisotopic (exact) mass is 467 g/mol. The van der Waals surface area contributed by atoms with Crippen LogP contribution in [0.25, 0.3) is 0 Å². The maximum atomic E-state index is 12.8. The minimum absolute atomic E-state index is 0.0964. The van der Waals surface area contributed by atoms with Gasteiger partial charge >= 0.3 is 6.36 Å². The number of nitrogens with zero attached hydrogens (tertiary/aromatic N) is 2. The molecule has 0 aromatic heterocycles. The number of carbonyl (C=O) groups excluding carboxylic acids is 2. The fourth-order valence-corrected chi connectivity index (χ4v) is 3.40. The van der Waals surface area contributed by atoms with Crippen LogP contribution in [0, 0.1) is 0 Å². The molecule has 0 radical (unpaired) electrons. The van der Waals surface area contributed by atoms with Gasteiger partial charge in [0, 0.05) is 37.4 Å². The van der Waals surface area contributed by atoms with Gasteiger partial charge in [0.15, 0.2) is 11.5 Å². The van der Waals surface area contributed by atoms with Gasteiger partial charge in [0.05, 0.1) is 20.8 Å². The zero-order chi connectivity index (χ0) is 24.0. The third kappa shape index (κ3) is 6.75. The molecule has 3 rings (SSSR count). The predicted molar refractivity (Wildman–Crippen MR) is 114 cm³/mol. The third-order valence-electron chi connectivity index (χ3n) is 5.03. The molecule has 1 saturated heterocycles. The van der Waals surface area contributed by atoms with E-state index in [2.05, 4.69) is 10.1 Å². The Hall–Kier alpha value is -3.47. The Kier molecular flexibility index (Phi) is 7.64. The number of hydrogen-bond acceptors (Lipinski definition) is 6. The number of anilines is 1. The highest BCUT2D eigenvalue weighted by atomic mass is 19.4. The summed E-state index contributed by atoms with van der Waals surface area (Å²) in [6.07, 6.45) is -4.77. The van der Waals surface area contributed by atoms with Crippen molar-refractivity contribution in [1.82, 2.24) is 9.80 Å². The Morgan fingerprint density at radius 3 is 2.15 bits per heavy atom. The van der Waals surface area contributed by atoms with Gasteiger partial charge in [0.25, 0.3) is 5.91 Å². The summed E-state index contributed by atoms with van der Waals surface area (Å²) in [4.78, 5) is 28.7. The Balaban J connectivity index is 1.48. The van der Waals surface area contributed by atoms with Crippen LogP contribution in [-0.2, 0) is 4.79 Å². The van der Waals surface area contributed by atoms with Crippen LogP contribution in [0.2, 0.25) is 0 Å². The first-order chi connectivity index (χ1) is 15.7. The fourth-order valence-electron chi connectivity index (χ4n) is 3.40. The average molecular weight is 467 g/mol. The maximum Gasteiger partial charge on any atom is 0.573 e. The summed E-state index contributed by atoms with van der Waals surface area (Å²) in [6.45, 7) is 2.00. The van der Waals surface area contributed by atoms with Gasteiger partial charge in [0.2, 0.25) is 5.91 Å². The second kappa shape index (κ2) is 10.4. The normalized spacial score (nSPS) is 14.5. The summed E-state index contributed by atoms with van der Waals surface area (Å²) in [5.74, 6) is 0.195. The van der Waals surface area contributed by atoms with Gasteiger partial charge in [-0.05, 0) is 42.5 Å². The molecule has 0 saturated carbocycles. The zero-order valence-corrected chi connectivity index (χ0v) is 18.1. The van der Waals surface area contributed by atoms with Crippen molar-refractivity contribution in [2.24, 2.45) is 0 Å². The van der Waals surface area contributed by atoms with Crippen molar-refractivity contribution in [1.29, 1.82) is 0 Å². The number of alkyl halides is 3. The van der Waals surface area contributed by atoms with E-state index >= 15 is 0 Å². The number of amides is 2. The van der Waals surface area contributed by atoms with Crippen LogP contribution in [0.4, 0.5) is 18.9 Å². The van der Waals surface area contributed by atoms with Gasteiger partial charge in [-0.25, -0.2) is 0 Å². The van der Waals surface area contributed by atoms with Gasteiger partial charge in [0.1, 0.15) is 5.75 Å². The third-order valence-corrected chi connectivity index (χ3v) is 5.03. The first-order valence-electron chi connectivity index (χ1n) is 10.1. The predicted octanol–water partition coefficient (Wildman–Crippen LogP) is 3.00. The maximum absolute atomic E-state index is 12.8. The molecule has 0 bridgehead atoms. The first-order valence-corrected chi connectivity index (χ1v) is 10.1. The van der Waals surface area contributed by atoms with Crippen molar-refractivity contribution in [2.45, 2.75) is 6.36 Å². The van der Waals surface area contributed by atoms with E-state index in [1.807, 2.05) is 4.90 Å². The highest BCUT2D eigenvalue weighted by molar-refractivity contribution is 5.95. The van der Waals surface area contributed by atoms with Crippen molar-refractivity contribution in [3.05, 3.63) is 48.0 Å². The van der Waals surface area contributed by atoms with Gasteiger partial charge < -0.3 is 24.4 Å². The average Bonchev–Trinajstić information content (AvgIpc) is 2.79. The SMILES string of the molecule is COc1ccc(C(=O)N2CCN(CC(=O)Nc3ccc(OC(F)(F)F)cc3)CC2)cc1OC. The number of piperazine rings is 1. The number of nitrogens with one attached hydrogen (secondary N) is 1. The summed E-state index contributed by atoms with van der Waals surface area (Å²) in [6, 6.07) is 9.90. The molecule has 1 aliphatic heterocycles. The molecule has 1 N–H and O–H groups in total. The molecule has 178 valence electrons. The van der Waals surface area contributed by atoms with E-state index < -0.39 is 6.36 Å².